The third-order valence-electron chi connectivity index (χ3n) is 5.27. The molecule has 1 fully saturated rings. The van der Waals surface area contributed by atoms with Crippen LogP contribution in [0.5, 0.6) is 0 Å². The predicted octanol–water partition coefficient (Wildman–Crippen LogP) is 2.17. The fraction of sp³-hybridized carbons (Fsp3) is 0.474. The highest BCUT2D eigenvalue weighted by atomic mass is 32.2. The second-order valence-electron chi connectivity index (χ2n) is 6.95. The van der Waals surface area contributed by atoms with Gasteiger partial charge in [-0.05, 0) is 43.9 Å². The van der Waals surface area contributed by atoms with Crippen LogP contribution in [0.3, 0.4) is 0 Å². The molecule has 0 spiro atoms. The lowest BCUT2D eigenvalue weighted by Crippen LogP contribution is -2.33. The number of aryl methyl sites for hydroxylation is 1. The second-order valence-corrected chi connectivity index (χ2v) is 8.88. The zero-order valence-electron chi connectivity index (χ0n) is 15.1. The van der Waals surface area contributed by atoms with Gasteiger partial charge in [-0.2, -0.15) is 4.31 Å². The lowest BCUT2D eigenvalue weighted by molar-refractivity contribution is 0.426. The number of hydrogen-bond donors (Lipinski definition) is 0. The molecule has 1 aromatic heterocycles. The van der Waals surface area contributed by atoms with Crippen LogP contribution < -0.4 is 4.90 Å². The molecule has 6 nitrogen and oxygen atoms in total. The van der Waals surface area contributed by atoms with E-state index in [1.807, 2.05) is 13.0 Å². The van der Waals surface area contributed by atoms with Gasteiger partial charge in [-0.15, -0.1) is 0 Å². The van der Waals surface area contributed by atoms with Crippen molar-refractivity contribution in [3.05, 3.63) is 47.3 Å². The summed E-state index contributed by atoms with van der Waals surface area (Å²) in [5.41, 5.74) is 3.10. The van der Waals surface area contributed by atoms with Crippen LogP contribution in [-0.2, 0) is 22.9 Å². The highest BCUT2D eigenvalue weighted by Crippen LogP contribution is 2.25. The first-order valence-electron chi connectivity index (χ1n) is 9.22. The number of anilines is 1. The minimum atomic E-state index is -3.47. The van der Waals surface area contributed by atoms with E-state index in [0.29, 0.717) is 30.8 Å². The number of hydrogen-bond acceptors (Lipinski definition) is 5. The highest BCUT2D eigenvalue weighted by Gasteiger charge is 2.28. The fourth-order valence-corrected chi connectivity index (χ4v) is 5.25. The monoisotopic (exact) mass is 372 g/mol. The van der Waals surface area contributed by atoms with E-state index in [1.54, 1.807) is 28.6 Å². The van der Waals surface area contributed by atoms with Crippen molar-refractivity contribution in [2.45, 2.75) is 37.5 Å². The highest BCUT2D eigenvalue weighted by molar-refractivity contribution is 7.89. The normalized spacial score (nSPS) is 18.6. The Hall–Kier alpha value is -1.99. The van der Waals surface area contributed by atoms with Crippen molar-refractivity contribution in [2.75, 3.05) is 31.1 Å². The molecule has 0 aliphatic carbocycles. The molecule has 2 aliphatic rings. The van der Waals surface area contributed by atoms with Crippen molar-refractivity contribution >= 4 is 16.0 Å². The molecule has 4 rings (SSSR count). The molecule has 1 aromatic carbocycles. The maximum atomic E-state index is 12.9. The molecule has 0 radical (unpaired) electrons. The largest absolute Gasteiger partial charge is 0.341 e. The van der Waals surface area contributed by atoms with Gasteiger partial charge in [0.15, 0.2) is 0 Å². The average molecular weight is 372 g/mol. The molecule has 7 heteroatoms. The summed E-state index contributed by atoms with van der Waals surface area (Å²) in [7, 11) is -3.47. The minimum Gasteiger partial charge on any atom is -0.341 e. The lowest BCUT2D eigenvalue weighted by Gasteiger charge is -2.19. The number of sulfonamides is 1. The summed E-state index contributed by atoms with van der Waals surface area (Å²) >= 11 is 0. The molecule has 2 aliphatic heterocycles. The molecule has 0 bridgehead atoms. The minimum absolute atomic E-state index is 0.353. The molecular formula is C19H24N4O2S. The van der Waals surface area contributed by atoms with Crippen LogP contribution in [-0.4, -0.2) is 48.9 Å². The molecule has 0 saturated carbocycles. The Morgan fingerprint density at radius 3 is 2.35 bits per heavy atom. The first-order valence-corrected chi connectivity index (χ1v) is 10.7. The summed E-state index contributed by atoms with van der Waals surface area (Å²) < 4.78 is 27.4. The predicted molar refractivity (Wildman–Crippen MR) is 101 cm³/mol. The molecular weight excluding hydrogens is 348 g/mol. The van der Waals surface area contributed by atoms with Gasteiger partial charge >= 0.3 is 0 Å². The maximum absolute atomic E-state index is 12.9. The van der Waals surface area contributed by atoms with E-state index in [2.05, 4.69) is 4.90 Å². The van der Waals surface area contributed by atoms with Gasteiger partial charge in [0.1, 0.15) is 0 Å². The first-order chi connectivity index (χ1) is 12.6. The fourth-order valence-electron chi connectivity index (χ4n) is 3.79. The van der Waals surface area contributed by atoms with Crippen molar-refractivity contribution < 1.29 is 8.42 Å². The number of benzene rings is 1. The lowest BCUT2D eigenvalue weighted by atomic mass is 10.1. The number of nitrogens with zero attached hydrogens (tertiary/aromatic N) is 4. The average Bonchev–Trinajstić information content (AvgIpc) is 3.09. The molecule has 0 atom stereocenters. The molecule has 138 valence electrons. The van der Waals surface area contributed by atoms with Gasteiger partial charge in [0, 0.05) is 38.3 Å². The van der Waals surface area contributed by atoms with Gasteiger partial charge in [-0.1, -0.05) is 18.2 Å². The summed E-state index contributed by atoms with van der Waals surface area (Å²) in [6, 6.07) is 8.67. The van der Waals surface area contributed by atoms with Gasteiger partial charge in [0.05, 0.1) is 10.6 Å². The van der Waals surface area contributed by atoms with Crippen LogP contribution in [0.15, 0.2) is 35.2 Å². The van der Waals surface area contributed by atoms with E-state index >= 15 is 0 Å². The van der Waals surface area contributed by atoms with Gasteiger partial charge < -0.3 is 4.90 Å². The van der Waals surface area contributed by atoms with Crippen LogP contribution in [0.1, 0.15) is 29.8 Å². The van der Waals surface area contributed by atoms with Crippen LogP contribution in [0.25, 0.3) is 0 Å². The molecule has 1 saturated heterocycles. The summed E-state index contributed by atoms with van der Waals surface area (Å²) in [4.78, 5) is 12.1. The van der Waals surface area contributed by atoms with E-state index < -0.39 is 10.0 Å². The Morgan fingerprint density at radius 1 is 0.923 bits per heavy atom. The van der Waals surface area contributed by atoms with Gasteiger partial charge in [0.25, 0.3) is 0 Å². The topological polar surface area (TPSA) is 66.4 Å². The van der Waals surface area contributed by atoms with Crippen molar-refractivity contribution in [1.82, 2.24) is 14.3 Å². The van der Waals surface area contributed by atoms with Crippen molar-refractivity contribution in [1.29, 1.82) is 0 Å². The molecule has 26 heavy (non-hydrogen) atoms. The van der Waals surface area contributed by atoms with E-state index in [0.717, 1.165) is 36.0 Å². The van der Waals surface area contributed by atoms with Crippen molar-refractivity contribution in [3.63, 3.8) is 0 Å². The third kappa shape index (κ3) is 3.21. The summed E-state index contributed by atoms with van der Waals surface area (Å²) in [5.74, 6) is 0.804. The van der Waals surface area contributed by atoms with Crippen LogP contribution >= 0.6 is 0 Å². The molecule has 0 unspecified atom stereocenters. The number of fused-ring (bicyclic) bond motifs is 1. The zero-order chi connectivity index (χ0) is 18.1. The Bertz CT molecular complexity index is 893. The van der Waals surface area contributed by atoms with Crippen molar-refractivity contribution in [3.8, 4) is 0 Å². The summed E-state index contributed by atoms with van der Waals surface area (Å²) in [6.45, 7) is 4.96. The van der Waals surface area contributed by atoms with Crippen molar-refractivity contribution in [2.24, 2.45) is 0 Å². The van der Waals surface area contributed by atoms with E-state index in [1.165, 1.54) is 12.8 Å². The number of rotatable bonds is 3. The van der Waals surface area contributed by atoms with Crippen LogP contribution in [0.4, 0.5) is 5.95 Å². The zero-order valence-corrected chi connectivity index (χ0v) is 15.9. The Labute approximate surface area is 154 Å². The standard InChI is InChI=1S/C19H24N4O2S/c1-15-17-9-13-23(26(24,25)16-7-3-2-4-8-16)14-10-18(17)21-19(20-15)22-11-5-6-12-22/h2-4,7-8H,5-6,9-14H2,1H3. The molecule has 0 amide bonds. The van der Waals surface area contributed by atoms with Gasteiger partial charge in [0.2, 0.25) is 16.0 Å². The summed E-state index contributed by atoms with van der Waals surface area (Å²) in [5, 5.41) is 0. The smallest absolute Gasteiger partial charge is 0.243 e. The van der Waals surface area contributed by atoms with Crippen LogP contribution in [0.2, 0.25) is 0 Å². The van der Waals surface area contributed by atoms with Crippen LogP contribution in [0, 0.1) is 6.92 Å². The first kappa shape index (κ1) is 17.4. The summed E-state index contributed by atoms with van der Waals surface area (Å²) in [6.07, 6.45) is 3.66. The quantitative estimate of drug-likeness (QED) is 0.826. The van der Waals surface area contributed by atoms with E-state index in [9.17, 15) is 8.42 Å². The number of aromatic nitrogens is 2. The SMILES string of the molecule is Cc1nc(N2CCCC2)nc2c1CCN(S(=O)(=O)c1ccccc1)CC2. The molecule has 2 aromatic rings. The molecule has 3 heterocycles. The Kier molecular flexibility index (Phi) is 4.67. The van der Waals surface area contributed by atoms with Gasteiger partial charge in [-0.3, -0.25) is 0 Å². The third-order valence-corrected chi connectivity index (χ3v) is 7.18. The maximum Gasteiger partial charge on any atom is 0.243 e. The Morgan fingerprint density at radius 2 is 1.62 bits per heavy atom. The molecule has 0 N–H and O–H groups in total. The van der Waals surface area contributed by atoms with E-state index in [4.69, 9.17) is 9.97 Å². The van der Waals surface area contributed by atoms with Gasteiger partial charge in [-0.25, -0.2) is 18.4 Å². The van der Waals surface area contributed by atoms with E-state index in [-0.39, 0.29) is 0 Å². The second kappa shape index (κ2) is 6.96. The Balaban J connectivity index is 1.60.